The van der Waals surface area contributed by atoms with Crippen LogP contribution in [0.1, 0.15) is 39.5 Å². The summed E-state index contributed by atoms with van der Waals surface area (Å²) in [5.74, 6) is 0. The maximum absolute atomic E-state index is 9.75. The molecule has 80 valence electrons. The Morgan fingerprint density at radius 2 is 1.54 bits per heavy atom. The van der Waals surface area contributed by atoms with Crippen molar-refractivity contribution in [3.8, 4) is 0 Å². The summed E-state index contributed by atoms with van der Waals surface area (Å²) in [6, 6.07) is 0. The van der Waals surface area contributed by atoms with Crippen molar-refractivity contribution in [2.24, 2.45) is 0 Å². The first-order chi connectivity index (χ1) is 5.91. The van der Waals surface area contributed by atoms with E-state index in [0.717, 1.165) is 0 Å². The van der Waals surface area contributed by atoms with E-state index in [1.807, 2.05) is 0 Å². The van der Waals surface area contributed by atoms with Crippen molar-refractivity contribution in [1.82, 2.24) is 0 Å². The molecule has 0 radical (unpaired) electrons. The lowest BCUT2D eigenvalue weighted by Crippen LogP contribution is -2.02. The summed E-state index contributed by atoms with van der Waals surface area (Å²) >= 11 is 0. The van der Waals surface area contributed by atoms with E-state index in [4.69, 9.17) is 0 Å². The van der Waals surface area contributed by atoms with Gasteiger partial charge in [0.05, 0.1) is 0 Å². The summed E-state index contributed by atoms with van der Waals surface area (Å²) in [5.41, 5.74) is 0. The number of unbranched alkanes of at least 4 members (excludes halogenated alkanes) is 3. The minimum Gasteiger partial charge on any atom is -0.418 e. The molecule has 0 heterocycles. The van der Waals surface area contributed by atoms with E-state index in [2.05, 4.69) is 26.0 Å². The van der Waals surface area contributed by atoms with Crippen LogP contribution in [0.25, 0.3) is 0 Å². The van der Waals surface area contributed by atoms with Gasteiger partial charge in [-0.25, -0.2) is 0 Å². The second-order valence-electron chi connectivity index (χ2n) is 2.56. The fourth-order valence-corrected chi connectivity index (χ4v) is 0.679. The minimum absolute atomic E-state index is 1.27. The van der Waals surface area contributed by atoms with Crippen LogP contribution in [0.15, 0.2) is 12.2 Å². The first-order valence-corrected chi connectivity index (χ1v) is 4.40. The van der Waals surface area contributed by atoms with E-state index in [1.165, 1.54) is 25.7 Å². The van der Waals surface area contributed by atoms with Gasteiger partial charge in [-0.2, -0.15) is 0 Å². The fraction of sp³-hybridized carbons (Fsp3) is 0.750. The standard InChI is InChI=1S/C8H16.BF4/c1-3-5-7-8-6-4-2;2-1(3,4)5/h3,5H,4,6-8H2,1-2H3;/q;-1. The molecule has 0 aromatic heterocycles. The van der Waals surface area contributed by atoms with Crippen LogP contribution in [-0.2, 0) is 0 Å². The number of allylic oxidation sites excluding steroid dienone is 2. The second kappa shape index (κ2) is 9.61. The molecule has 0 nitrogen and oxygen atoms in total. The van der Waals surface area contributed by atoms with Crippen LogP contribution >= 0.6 is 0 Å². The maximum Gasteiger partial charge on any atom is 0.673 e. The predicted octanol–water partition coefficient (Wildman–Crippen LogP) is 4.44. The lowest BCUT2D eigenvalue weighted by Gasteiger charge is -1.94. The highest BCUT2D eigenvalue weighted by Gasteiger charge is 2.20. The molecule has 0 bridgehead atoms. The van der Waals surface area contributed by atoms with Crippen molar-refractivity contribution in [1.29, 1.82) is 0 Å². The summed E-state index contributed by atoms with van der Waals surface area (Å²) < 4.78 is 39.0. The molecule has 0 unspecified atom stereocenters. The Bertz CT molecular complexity index is 114. The third-order valence-corrected chi connectivity index (χ3v) is 1.21. The molecule has 0 spiro atoms. The van der Waals surface area contributed by atoms with Gasteiger partial charge in [0.1, 0.15) is 0 Å². The molecular weight excluding hydrogens is 183 g/mol. The van der Waals surface area contributed by atoms with Crippen molar-refractivity contribution in [3.05, 3.63) is 12.2 Å². The zero-order valence-corrected chi connectivity index (χ0v) is 8.07. The Morgan fingerprint density at radius 3 is 1.85 bits per heavy atom. The van der Waals surface area contributed by atoms with Crippen LogP contribution < -0.4 is 0 Å². The number of hydrogen-bond donors (Lipinski definition) is 0. The summed E-state index contributed by atoms with van der Waals surface area (Å²) in [4.78, 5) is 0. The Balaban J connectivity index is 0. The number of hydrogen-bond acceptors (Lipinski definition) is 0. The van der Waals surface area contributed by atoms with Crippen molar-refractivity contribution < 1.29 is 17.3 Å². The van der Waals surface area contributed by atoms with E-state index in [9.17, 15) is 17.3 Å². The maximum atomic E-state index is 9.75. The molecule has 0 rings (SSSR count). The average Bonchev–Trinajstić information content (AvgIpc) is 1.95. The molecular formula is C8H16BF4-. The average molecular weight is 199 g/mol. The second-order valence-corrected chi connectivity index (χ2v) is 2.56. The molecule has 0 aliphatic carbocycles. The Morgan fingerprint density at radius 1 is 1.08 bits per heavy atom. The lowest BCUT2D eigenvalue weighted by molar-refractivity contribution is 0.368. The number of rotatable bonds is 4. The first kappa shape index (κ1) is 15.0. The monoisotopic (exact) mass is 199 g/mol. The molecule has 0 saturated heterocycles. The van der Waals surface area contributed by atoms with E-state index >= 15 is 0 Å². The van der Waals surface area contributed by atoms with Gasteiger partial charge in [0.25, 0.3) is 0 Å². The molecule has 0 saturated carbocycles. The molecule has 0 amide bonds. The molecule has 5 heteroatoms. The van der Waals surface area contributed by atoms with Crippen molar-refractivity contribution in [2.75, 3.05) is 0 Å². The van der Waals surface area contributed by atoms with E-state index in [0.29, 0.717) is 0 Å². The first-order valence-electron chi connectivity index (χ1n) is 4.40. The summed E-state index contributed by atoms with van der Waals surface area (Å²) in [6.07, 6.45) is 9.69. The van der Waals surface area contributed by atoms with Crippen LogP contribution in [0.3, 0.4) is 0 Å². The Kier molecular flexibility index (Phi) is 11.1. The predicted molar refractivity (Wildman–Crippen MR) is 49.1 cm³/mol. The van der Waals surface area contributed by atoms with Gasteiger partial charge in [0.15, 0.2) is 0 Å². The van der Waals surface area contributed by atoms with Crippen LogP contribution in [0.2, 0.25) is 0 Å². The van der Waals surface area contributed by atoms with Gasteiger partial charge in [-0.15, -0.1) is 0 Å². The molecule has 13 heavy (non-hydrogen) atoms. The van der Waals surface area contributed by atoms with E-state index < -0.39 is 7.25 Å². The molecule has 0 aliphatic heterocycles. The highest BCUT2D eigenvalue weighted by molar-refractivity contribution is 6.50. The van der Waals surface area contributed by atoms with E-state index in [1.54, 1.807) is 0 Å². The number of halogens is 4. The molecule has 0 aliphatic rings. The quantitative estimate of drug-likeness (QED) is 0.271. The molecule has 0 N–H and O–H groups in total. The normalized spacial score (nSPS) is 11.2. The fourth-order valence-electron chi connectivity index (χ4n) is 0.679. The van der Waals surface area contributed by atoms with E-state index in [-0.39, 0.29) is 0 Å². The van der Waals surface area contributed by atoms with Gasteiger partial charge >= 0.3 is 7.25 Å². The van der Waals surface area contributed by atoms with Gasteiger partial charge in [0, 0.05) is 0 Å². The van der Waals surface area contributed by atoms with Crippen LogP contribution in [-0.4, -0.2) is 7.25 Å². The largest absolute Gasteiger partial charge is 0.673 e. The third-order valence-electron chi connectivity index (χ3n) is 1.21. The molecule has 0 fully saturated rings. The van der Waals surface area contributed by atoms with Gasteiger partial charge < -0.3 is 17.3 Å². The van der Waals surface area contributed by atoms with Crippen molar-refractivity contribution >= 4 is 7.25 Å². The minimum atomic E-state index is -6.00. The highest BCUT2D eigenvalue weighted by Crippen LogP contribution is 2.06. The lowest BCUT2D eigenvalue weighted by atomic mass is 10.2. The molecule has 0 aromatic rings. The molecule has 0 aromatic carbocycles. The van der Waals surface area contributed by atoms with Crippen LogP contribution in [0, 0.1) is 0 Å². The Hall–Kier alpha value is -0.475. The third kappa shape index (κ3) is 51.1. The topological polar surface area (TPSA) is 0 Å². The van der Waals surface area contributed by atoms with Crippen LogP contribution in [0.4, 0.5) is 17.3 Å². The van der Waals surface area contributed by atoms with Crippen molar-refractivity contribution in [3.63, 3.8) is 0 Å². The summed E-state index contributed by atoms with van der Waals surface area (Å²) in [5, 5.41) is 0. The van der Waals surface area contributed by atoms with Gasteiger partial charge in [-0.1, -0.05) is 31.9 Å². The molecule has 0 atom stereocenters. The zero-order valence-electron chi connectivity index (χ0n) is 8.07. The van der Waals surface area contributed by atoms with Gasteiger partial charge in [-0.3, -0.25) is 0 Å². The smallest absolute Gasteiger partial charge is 0.418 e. The zero-order chi connectivity index (χ0) is 10.7. The van der Waals surface area contributed by atoms with Crippen LogP contribution in [0.5, 0.6) is 0 Å². The van der Waals surface area contributed by atoms with Crippen molar-refractivity contribution in [2.45, 2.75) is 39.5 Å². The Labute approximate surface area is 77.1 Å². The summed E-state index contributed by atoms with van der Waals surface area (Å²) in [6.45, 7) is 4.31. The SMILES string of the molecule is CC=CCCCCC.F[B-](F)(F)F. The van der Waals surface area contributed by atoms with Gasteiger partial charge in [0.2, 0.25) is 0 Å². The highest BCUT2D eigenvalue weighted by atomic mass is 19.5. The summed E-state index contributed by atoms with van der Waals surface area (Å²) in [7, 11) is -6.00. The van der Waals surface area contributed by atoms with Gasteiger partial charge in [-0.05, 0) is 19.8 Å².